The number of nitrogens with one attached hydrogen (secondary N) is 2. The van der Waals surface area contributed by atoms with Crippen LogP contribution in [0.25, 0.3) is 0 Å². The summed E-state index contributed by atoms with van der Waals surface area (Å²) >= 11 is 0. The molecular formula is C29H35N3O9. The fourth-order valence-corrected chi connectivity index (χ4v) is 4.68. The number of aliphatic hydroxyl groups is 1. The standard InChI is InChI=1S/C29H35N3O9/c1-3-39-24(34)16-29(38)20-28(15-21-11-7-5-8-12-21,31-27(37)41-19-22-13-9-6-10-14-22)26(36)32(29)18-23(33)30-17-25(35)40-4-2/h5-14,38H,3-4,15-20H2,1-2H3,(H,30,33)(H,31,37)/t28-,29?/m1/s1. The van der Waals surface area contributed by atoms with Gasteiger partial charge in [0.2, 0.25) is 5.91 Å². The minimum absolute atomic E-state index is 0.0299. The second-order valence-corrected chi connectivity index (χ2v) is 9.55. The molecule has 0 aliphatic carbocycles. The van der Waals surface area contributed by atoms with Gasteiger partial charge in [0.25, 0.3) is 5.91 Å². The summed E-state index contributed by atoms with van der Waals surface area (Å²) < 4.78 is 15.2. The van der Waals surface area contributed by atoms with Gasteiger partial charge >= 0.3 is 18.0 Å². The summed E-state index contributed by atoms with van der Waals surface area (Å²) in [5.41, 5.74) is -2.61. The van der Waals surface area contributed by atoms with Gasteiger partial charge in [-0.1, -0.05) is 60.7 Å². The van der Waals surface area contributed by atoms with Crippen molar-refractivity contribution in [1.82, 2.24) is 15.5 Å². The van der Waals surface area contributed by atoms with Crippen molar-refractivity contribution in [3.63, 3.8) is 0 Å². The number of hydrogen-bond acceptors (Lipinski definition) is 9. The Labute approximate surface area is 237 Å². The second kappa shape index (κ2) is 14.3. The zero-order valence-electron chi connectivity index (χ0n) is 23.1. The van der Waals surface area contributed by atoms with Crippen molar-refractivity contribution in [3.05, 3.63) is 71.8 Å². The second-order valence-electron chi connectivity index (χ2n) is 9.55. The van der Waals surface area contributed by atoms with Crippen LogP contribution in [0.3, 0.4) is 0 Å². The largest absolute Gasteiger partial charge is 0.466 e. The number of nitrogens with zero attached hydrogens (tertiary/aromatic N) is 1. The van der Waals surface area contributed by atoms with Crippen molar-refractivity contribution in [2.24, 2.45) is 0 Å². The molecule has 220 valence electrons. The summed E-state index contributed by atoms with van der Waals surface area (Å²) in [5.74, 6) is -3.08. The molecule has 0 bridgehead atoms. The van der Waals surface area contributed by atoms with Crippen molar-refractivity contribution in [2.75, 3.05) is 26.3 Å². The van der Waals surface area contributed by atoms with Gasteiger partial charge < -0.3 is 34.9 Å². The molecule has 0 saturated carbocycles. The summed E-state index contributed by atoms with van der Waals surface area (Å²) in [6, 6.07) is 17.7. The summed E-state index contributed by atoms with van der Waals surface area (Å²) in [7, 11) is 0. The first-order chi connectivity index (χ1) is 19.6. The fraction of sp³-hybridized carbons (Fsp3) is 0.414. The van der Waals surface area contributed by atoms with Crippen molar-refractivity contribution in [3.8, 4) is 0 Å². The molecule has 12 heteroatoms. The van der Waals surface area contributed by atoms with E-state index in [0.717, 1.165) is 10.5 Å². The Hall–Kier alpha value is -4.45. The van der Waals surface area contributed by atoms with Crippen molar-refractivity contribution in [2.45, 2.75) is 51.0 Å². The van der Waals surface area contributed by atoms with E-state index in [4.69, 9.17) is 14.2 Å². The smallest absolute Gasteiger partial charge is 0.408 e. The van der Waals surface area contributed by atoms with E-state index in [9.17, 15) is 29.1 Å². The SMILES string of the molecule is CCOC(=O)CNC(=O)CN1C(=O)[C@](Cc2ccccc2)(NC(=O)OCc2ccccc2)CC1(O)CC(=O)OCC. The summed E-state index contributed by atoms with van der Waals surface area (Å²) in [4.78, 5) is 64.8. The lowest BCUT2D eigenvalue weighted by Crippen LogP contribution is -2.56. The highest BCUT2D eigenvalue weighted by Crippen LogP contribution is 2.40. The van der Waals surface area contributed by atoms with E-state index in [1.54, 1.807) is 68.4 Å². The average Bonchev–Trinajstić information content (AvgIpc) is 3.12. The Bertz CT molecular complexity index is 1220. The van der Waals surface area contributed by atoms with Gasteiger partial charge in [0.15, 0.2) is 5.72 Å². The van der Waals surface area contributed by atoms with Crippen LogP contribution in [0.15, 0.2) is 60.7 Å². The lowest BCUT2D eigenvalue weighted by molar-refractivity contribution is -0.164. The van der Waals surface area contributed by atoms with E-state index in [1.807, 2.05) is 6.07 Å². The predicted molar refractivity (Wildman–Crippen MR) is 145 cm³/mol. The van der Waals surface area contributed by atoms with E-state index in [1.165, 1.54) is 0 Å². The van der Waals surface area contributed by atoms with Gasteiger partial charge in [-0.2, -0.15) is 0 Å². The predicted octanol–water partition coefficient (Wildman–Crippen LogP) is 1.45. The summed E-state index contributed by atoms with van der Waals surface area (Å²) in [5, 5.41) is 16.7. The van der Waals surface area contributed by atoms with Crippen LogP contribution in [0, 0.1) is 0 Å². The number of esters is 2. The number of carbonyl (C=O) groups excluding carboxylic acids is 5. The third-order valence-electron chi connectivity index (χ3n) is 6.41. The molecule has 1 fully saturated rings. The Balaban J connectivity index is 1.90. The molecule has 2 aromatic rings. The van der Waals surface area contributed by atoms with Crippen molar-refractivity contribution >= 4 is 29.8 Å². The molecule has 3 rings (SSSR count). The Kier molecular flexibility index (Phi) is 10.8. The maximum Gasteiger partial charge on any atom is 0.408 e. The molecule has 2 aromatic carbocycles. The van der Waals surface area contributed by atoms with Crippen LogP contribution in [0.5, 0.6) is 0 Å². The third kappa shape index (κ3) is 8.52. The zero-order valence-corrected chi connectivity index (χ0v) is 23.1. The molecule has 0 aromatic heterocycles. The molecule has 3 amide bonds. The fourth-order valence-electron chi connectivity index (χ4n) is 4.68. The molecule has 1 aliphatic heterocycles. The highest BCUT2D eigenvalue weighted by molar-refractivity contribution is 5.96. The van der Waals surface area contributed by atoms with E-state index in [0.29, 0.717) is 5.56 Å². The lowest BCUT2D eigenvalue weighted by Gasteiger charge is -2.31. The number of benzene rings is 2. The van der Waals surface area contributed by atoms with Crippen LogP contribution >= 0.6 is 0 Å². The first-order valence-corrected chi connectivity index (χ1v) is 13.3. The van der Waals surface area contributed by atoms with Crippen LogP contribution < -0.4 is 10.6 Å². The highest BCUT2D eigenvalue weighted by atomic mass is 16.6. The van der Waals surface area contributed by atoms with Crippen LogP contribution in [-0.4, -0.2) is 77.4 Å². The van der Waals surface area contributed by atoms with Gasteiger partial charge in [0.05, 0.1) is 19.6 Å². The van der Waals surface area contributed by atoms with Gasteiger partial charge in [0, 0.05) is 12.8 Å². The van der Waals surface area contributed by atoms with Gasteiger partial charge in [-0.05, 0) is 25.0 Å². The van der Waals surface area contributed by atoms with Crippen molar-refractivity contribution in [1.29, 1.82) is 0 Å². The molecule has 0 spiro atoms. The molecule has 41 heavy (non-hydrogen) atoms. The number of likely N-dealkylation sites (tertiary alicyclic amines) is 1. The van der Waals surface area contributed by atoms with Crippen molar-refractivity contribution < 1.29 is 43.3 Å². The number of rotatable bonds is 13. The van der Waals surface area contributed by atoms with Gasteiger partial charge in [-0.3, -0.25) is 19.2 Å². The number of amides is 3. The van der Waals surface area contributed by atoms with Gasteiger partial charge in [-0.15, -0.1) is 0 Å². The molecule has 2 atom stereocenters. The van der Waals surface area contributed by atoms with Crippen LogP contribution in [0.2, 0.25) is 0 Å². The normalized spacial score (nSPS) is 19.8. The molecule has 3 N–H and O–H groups in total. The quantitative estimate of drug-likeness (QED) is 0.240. The monoisotopic (exact) mass is 569 g/mol. The Morgan fingerprint density at radius 1 is 0.878 bits per heavy atom. The number of alkyl carbamates (subject to hydrolysis) is 1. The Morgan fingerprint density at radius 2 is 1.46 bits per heavy atom. The number of hydrogen-bond donors (Lipinski definition) is 3. The van der Waals surface area contributed by atoms with E-state index < -0.39 is 67.0 Å². The first-order valence-electron chi connectivity index (χ1n) is 13.3. The van der Waals surface area contributed by atoms with E-state index >= 15 is 0 Å². The summed E-state index contributed by atoms with van der Waals surface area (Å²) in [6.45, 7) is 2.12. The van der Waals surface area contributed by atoms with Crippen LogP contribution in [0.4, 0.5) is 4.79 Å². The molecule has 1 aliphatic rings. The molecule has 12 nitrogen and oxygen atoms in total. The van der Waals surface area contributed by atoms with Gasteiger partial charge in [0.1, 0.15) is 25.2 Å². The van der Waals surface area contributed by atoms with Crippen LogP contribution in [-0.2, 0) is 46.4 Å². The highest BCUT2D eigenvalue weighted by Gasteiger charge is 2.61. The molecular weight excluding hydrogens is 534 g/mol. The van der Waals surface area contributed by atoms with E-state index in [2.05, 4.69) is 10.6 Å². The molecule has 1 saturated heterocycles. The molecule has 0 radical (unpaired) electrons. The zero-order chi connectivity index (χ0) is 29.9. The van der Waals surface area contributed by atoms with Crippen LogP contribution in [0.1, 0.15) is 37.8 Å². The number of ether oxygens (including phenoxy) is 3. The maximum atomic E-state index is 14.0. The first kappa shape index (κ1) is 31.1. The Morgan fingerprint density at radius 3 is 2.07 bits per heavy atom. The molecule has 1 heterocycles. The summed E-state index contributed by atoms with van der Waals surface area (Å²) in [6.07, 6.45) is -2.10. The average molecular weight is 570 g/mol. The van der Waals surface area contributed by atoms with Gasteiger partial charge in [-0.25, -0.2) is 4.79 Å². The maximum absolute atomic E-state index is 14.0. The minimum Gasteiger partial charge on any atom is -0.466 e. The minimum atomic E-state index is -2.20. The number of carbonyl (C=O) groups is 5. The van der Waals surface area contributed by atoms with E-state index in [-0.39, 0.29) is 26.2 Å². The topological polar surface area (TPSA) is 161 Å². The third-order valence-corrected chi connectivity index (χ3v) is 6.41. The molecule has 1 unspecified atom stereocenters. The lowest BCUT2D eigenvalue weighted by atomic mass is 9.86.